The zero-order valence-electron chi connectivity index (χ0n) is 8.79. The van der Waals surface area contributed by atoms with Gasteiger partial charge in [0.15, 0.2) is 0 Å². The van der Waals surface area contributed by atoms with E-state index < -0.39 is 5.54 Å². The molecule has 1 rings (SSSR count). The molecule has 0 radical (unpaired) electrons. The van der Waals surface area contributed by atoms with Crippen molar-refractivity contribution in [3.05, 3.63) is 34.3 Å². The van der Waals surface area contributed by atoms with Crippen molar-refractivity contribution < 1.29 is 9.53 Å². The highest BCUT2D eigenvalue weighted by atomic mass is 79.9. The average molecular weight is 272 g/mol. The molecule has 0 aromatic heterocycles. The van der Waals surface area contributed by atoms with E-state index in [1.807, 2.05) is 31.2 Å². The fourth-order valence-electron chi connectivity index (χ4n) is 1.39. The lowest BCUT2D eigenvalue weighted by atomic mass is 9.90. The standard InChI is InChI=1S/C11H14BrNO2/c1-11(13,7-10(14)15-2)8-5-3-4-6-9(8)12/h3-6H,7,13H2,1-2H3. The van der Waals surface area contributed by atoms with Crippen LogP contribution in [0.5, 0.6) is 0 Å². The zero-order chi connectivity index (χ0) is 11.5. The Morgan fingerprint density at radius 1 is 1.53 bits per heavy atom. The van der Waals surface area contributed by atoms with Gasteiger partial charge in [0.05, 0.1) is 13.5 Å². The summed E-state index contributed by atoms with van der Waals surface area (Å²) >= 11 is 3.41. The lowest BCUT2D eigenvalue weighted by molar-refractivity contribution is -0.141. The summed E-state index contributed by atoms with van der Waals surface area (Å²) < 4.78 is 5.51. The average Bonchev–Trinajstić information content (AvgIpc) is 2.17. The minimum Gasteiger partial charge on any atom is -0.469 e. The highest BCUT2D eigenvalue weighted by molar-refractivity contribution is 9.10. The monoisotopic (exact) mass is 271 g/mol. The molecule has 0 saturated heterocycles. The molecule has 1 aromatic rings. The Labute approximate surface area is 97.7 Å². The van der Waals surface area contributed by atoms with E-state index in [2.05, 4.69) is 20.7 Å². The zero-order valence-corrected chi connectivity index (χ0v) is 10.4. The second-order valence-electron chi connectivity index (χ2n) is 3.65. The minimum atomic E-state index is -0.715. The SMILES string of the molecule is COC(=O)CC(C)(N)c1ccccc1Br. The van der Waals surface area contributed by atoms with Crippen LogP contribution in [0.3, 0.4) is 0 Å². The molecular formula is C11H14BrNO2. The van der Waals surface area contributed by atoms with Crippen LogP contribution in [-0.4, -0.2) is 13.1 Å². The van der Waals surface area contributed by atoms with E-state index in [-0.39, 0.29) is 12.4 Å². The molecular weight excluding hydrogens is 258 g/mol. The third-order valence-corrected chi connectivity index (χ3v) is 2.92. The van der Waals surface area contributed by atoms with Gasteiger partial charge >= 0.3 is 5.97 Å². The van der Waals surface area contributed by atoms with Crippen LogP contribution in [0.25, 0.3) is 0 Å². The number of carbonyl (C=O) groups excluding carboxylic acids is 1. The molecule has 0 heterocycles. The Hall–Kier alpha value is -0.870. The second-order valence-corrected chi connectivity index (χ2v) is 4.50. The van der Waals surface area contributed by atoms with Crippen molar-refractivity contribution in [1.82, 2.24) is 0 Å². The quantitative estimate of drug-likeness (QED) is 0.858. The van der Waals surface area contributed by atoms with Gasteiger partial charge in [-0.05, 0) is 18.6 Å². The van der Waals surface area contributed by atoms with Crippen LogP contribution >= 0.6 is 15.9 Å². The van der Waals surface area contributed by atoms with Gasteiger partial charge in [-0.1, -0.05) is 34.1 Å². The molecule has 0 bridgehead atoms. The van der Waals surface area contributed by atoms with E-state index in [4.69, 9.17) is 5.73 Å². The van der Waals surface area contributed by atoms with Crippen LogP contribution < -0.4 is 5.73 Å². The summed E-state index contributed by atoms with van der Waals surface area (Å²) in [4.78, 5) is 11.2. The number of ether oxygens (including phenoxy) is 1. The minimum absolute atomic E-state index is 0.159. The van der Waals surface area contributed by atoms with Crippen molar-refractivity contribution >= 4 is 21.9 Å². The van der Waals surface area contributed by atoms with Gasteiger partial charge in [-0.15, -0.1) is 0 Å². The van der Waals surface area contributed by atoms with Gasteiger partial charge < -0.3 is 10.5 Å². The number of nitrogens with two attached hydrogens (primary N) is 1. The van der Waals surface area contributed by atoms with E-state index in [0.717, 1.165) is 10.0 Å². The number of esters is 1. The second kappa shape index (κ2) is 4.77. The van der Waals surface area contributed by atoms with Crippen LogP contribution in [0.4, 0.5) is 0 Å². The van der Waals surface area contributed by atoms with E-state index >= 15 is 0 Å². The molecule has 1 unspecified atom stereocenters. The van der Waals surface area contributed by atoms with Crippen LogP contribution in [0.2, 0.25) is 0 Å². The third kappa shape index (κ3) is 3.04. The molecule has 0 aliphatic rings. The highest BCUT2D eigenvalue weighted by Crippen LogP contribution is 2.28. The Kier molecular flexibility index (Phi) is 3.88. The molecule has 0 spiro atoms. The van der Waals surface area contributed by atoms with Crippen molar-refractivity contribution in [1.29, 1.82) is 0 Å². The van der Waals surface area contributed by atoms with Crippen LogP contribution in [0.1, 0.15) is 18.9 Å². The van der Waals surface area contributed by atoms with E-state index in [0.29, 0.717) is 0 Å². The summed E-state index contributed by atoms with van der Waals surface area (Å²) in [5.41, 5.74) is 6.27. The summed E-state index contributed by atoms with van der Waals surface area (Å²) in [6.07, 6.45) is 0.159. The molecule has 0 saturated carbocycles. The van der Waals surface area contributed by atoms with Crippen LogP contribution in [0.15, 0.2) is 28.7 Å². The predicted molar refractivity (Wildman–Crippen MR) is 62.3 cm³/mol. The Bertz CT molecular complexity index is 363. The topological polar surface area (TPSA) is 52.3 Å². The maximum Gasteiger partial charge on any atom is 0.307 e. The number of hydrogen-bond acceptors (Lipinski definition) is 3. The van der Waals surface area contributed by atoms with Gasteiger partial charge in [0.25, 0.3) is 0 Å². The molecule has 3 nitrogen and oxygen atoms in total. The summed E-state index contributed by atoms with van der Waals surface area (Å²) in [7, 11) is 1.36. The normalized spacial score (nSPS) is 14.4. The molecule has 2 N–H and O–H groups in total. The smallest absolute Gasteiger partial charge is 0.307 e. The number of benzene rings is 1. The van der Waals surface area contributed by atoms with Gasteiger partial charge in [-0.3, -0.25) is 4.79 Å². The summed E-state index contributed by atoms with van der Waals surface area (Å²) in [5, 5.41) is 0. The highest BCUT2D eigenvalue weighted by Gasteiger charge is 2.27. The first-order valence-corrected chi connectivity index (χ1v) is 5.37. The number of hydrogen-bond donors (Lipinski definition) is 1. The Morgan fingerprint density at radius 3 is 2.67 bits per heavy atom. The molecule has 15 heavy (non-hydrogen) atoms. The first kappa shape index (κ1) is 12.2. The first-order valence-electron chi connectivity index (χ1n) is 4.58. The van der Waals surface area contributed by atoms with Crippen molar-refractivity contribution in [2.75, 3.05) is 7.11 Å². The first-order chi connectivity index (χ1) is 6.97. The number of rotatable bonds is 3. The van der Waals surface area contributed by atoms with E-state index in [1.54, 1.807) is 0 Å². The van der Waals surface area contributed by atoms with Crippen LogP contribution in [0, 0.1) is 0 Å². The van der Waals surface area contributed by atoms with E-state index in [9.17, 15) is 4.79 Å². The van der Waals surface area contributed by atoms with Crippen molar-refractivity contribution in [3.8, 4) is 0 Å². The van der Waals surface area contributed by atoms with Gasteiger partial charge in [0, 0.05) is 10.0 Å². The number of carbonyl (C=O) groups is 1. The number of halogens is 1. The van der Waals surface area contributed by atoms with Crippen LogP contribution in [-0.2, 0) is 15.1 Å². The molecule has 0 aliphatic heterocycles. The van der Waals surface area contributed by atoms with Crippen molar-refractivity contribution in [2.24, 2.45) is 5.73 Å². The maximum atomic E-state index is 11.2. The number of methoxy groups -OCH3 is 1. The summed E-state index contributed by atoms with van der Waals surface area (Å²) in [6.45, 7) is 1.81. The van der Waals surface area contributed by atoms with Gasteiger partial charge in [-0.2, -0.15) is 0 Å². The third-order valence-electron chi connectivity index (χ3n) is 2.23. The fraction of sp³-hybridized carbons (Fsp3) is 0.364. The molecule has 4 heteroatoms. The maximum absolute atomic E-state index is 11.2. The fourth-order valence-corrected chi connectivity index (χ4v) is 2.13. The van der Waals surface area contributed by atoms with Gasteiger partial charge in [0.2, 0.25) is 0 Å². The van der Waals surface area contributed by atoms with Crippen molar-refractivity contribution in [3.63, 3.8) is 0 Å². The molecule has 1 atom stereocenters. The molecule has 0 fully saturated rings. The summed E-state index contributed by atoms with van der Waals surface area (Å²) in [5.74, 6) is -0.309. The largest absolute Gasteiger partial charge is 0.469 e. The Morgan fingerprint density at radius 2 is 2.13 bits per heavy atom. The lowest BCUT2D eigenvalue weighted by Crippen LogP contribution is -2.36. The van der Waals surface area contributed by atoms with Crippen molar-refractivity contribution in [2.45, 2.75) is 18.9 Å². The lowest BCUT2D eigenvalue weighted by Gasteiger charge is -2.24. The molecule has 0 amide bonds. The summed E-state index contributed by atoms with van der Waals surface area (Å²) in [6, 6.07) is 7.59. The van der Waals surface area contributed by atoms with Gasteiger partial charge in [-0.25, -0.2) is 0 Å². The molecule has 82 valence electrons. The Balaban J connectivity index is 2.95. The predicted octanol–water partition coefficient (Wildman–Crippen LogP) is 2.19. The molecule has 1 aromatic carbocycles. The van der Waals surface area contributed by atoms with E-state index in [1.165, 1.54) is 7.11 Å². The molecule has 0 aliphatic carbocycles. The van der Waals surface area contributed by atoms with Gasteiger partial charge in [0.1, 0.15) is 0 Å².